The molecule has 6 nitrogen and oxygen atoms in total. The maximum atomic E-state index is 11.5. The van der Waals surface area contributed by atoms with Crippen LogP contribution in [0.2, 0.25) is 0 Å². The molecule has 0 N–H and O–H groups in total. The molecule has 0 fully saturated rings. The second-order valence-corrected chi connectivity index (χ2v) is 12.0. The number of aryl methyl sites for hydroxylation is 1. The Balaban J connectivity index is 2.61. The Morgan fingerprint density at radius 1 is 1.23 bits per heavy atom. The second-order valence-electron chi connectivity index (χ2n) is 6.61. The summed E-state index contributed by atoms with van der Waals surface area (Å²) in [7, 11) is -9.48. The Kier molecular flexibility index (Phi) is 9.17. The van der Waals surface area contributed by atoms with Crippen LogP contribution in [0.3, 0.4) is 0 Å². The number of hydrogen-bond acceptors (Lipinski definition) is 7. The zero-order chi connectivity index (χ0) is 20.0. The van der Waals surface area contributed by atoms with E-state index in [-0.39, 0.29) is 6.61 Å². The van der Waals surface area contributed by atoms with Crippen molar-refractivity contribution >= 4 is 32.4 Å². The summed E-state index contributed by atoms with van der Waals surface area (Å²) < 4.78 is 27.3. The van der Waals surface area contributed by atoms with Crippen LogP contribution in [0.1, 0.15) is 48.9 Å². The van der Waals surface area contributed by atoms with Gasteiger partial charge in [0.05, 0.1) is 13.0 Å². The highest BCUT2D eigenvalue weighted by Crippen LogP contribution is 2.47. The molecule has 0 saturated heterocycles. The molecule has 1 aromatic heterocycles. The monoisotopic (exact) mass is 419 g/mol. The standard InChI is InChI=1S/C17H28O6P2S/c1-13(2)6-5-7-14(3)8-16-9-15(4)17(26-16)10-23-11-24(18,19)12-25(20,21)22/h6,8-9H,5,7,10-12H2,1-4H3,(H,18,19)(H2,20,21,22)/p-3/b14-8+. The Hall–Kier alpha value is -0.520. The average molecular weight is 419 g/mol. The fourth-order valence-electron chi connectivity index (χ4n) is 2.25. The zero-order valence-electron chi connectivity index (χ0n) is 15.5. The highest BCUT2D eigenvalue weighted by Gasteiger charge is 2.12. The smallest absolute Gasteiger partial charge is 0.0879 e. The Morgan fingerprint density at radius 2 is 1.88 bits per heavy atom. The summed E-state index contributed by atoms with van der Waals surface area (Å²) in [6, 6.07) is 2.01. The first-order valence-electron chi connectivity index (χ1n) is 8.16. The lowest BCUT2D eigenvalue weighted by Gasteiger charge is -2.36. The average Bonchev–Trinajstić information content (AvgIpc) is 2.75. The van der Waals surface area contributed by atoms with Crippen molar-refractivity contribution in [2.75, 3.05) is 12.3 Å². The lowest BCUT2D eigenvalue weighted by atomic mass is 10.1. The van der Waals surface area contributed by atoms with E-state index in [0.717, 1.165) is 28.2 Å². The van der Waals surface area contributed by atoms with E-state index in [2.05, 4.69) is 32.9 Å². The Morgan fingerprint density at radius 3 is 2.46 bits per heavy atom. The van der Waals surface area contributed by atoms with Crippen LogP contribution in [0.15, 0.2) is 23.3 Å². The van der Waals surface area contributed by atoms with Gasteiger partial charge >= 0.3 is 0 Å². The number of rotatable bonds is 10. The summed E-state index contributed by atoms with van der Waals surface area (Å²) >= 11 is 1.50. The summed E-state index contributed by atoms with van der Waals surface area (Å²) in [6.07, 6.45) is 5.50. The third-order valence-electron chi connectivity index (χ3n) is 3.43. The first-order chi connectivity index (χ1) is 11.9. The maximum absolute atomic E-state index is 11.5. The maximum Gasteiger partial charge on any atom is 0.0879 e. The van der Waals surface area contributed by atoms with Gasteiger partial charge in [-0.15, -0.1) is 11.3 Å². The molecule has 0 aromatic carbocycles. The van der Waals surface area contributed by atoms with E-state index in [1.807, 2.05) is 13.0 Å². The van der Waals surface area contributed by atoms with Gasteiger partial charge < -0.3 is 28.5 Å². The third-order valence-corrected chi connectivity index (χ3v) is 8.27. The molecule has 9 heteroatoms. The lowest BCUT2D eigenvalue weighted by molar-refractivity contribution is -0.312. The molecule has 1 aromatic rings. The van der Waals surface area contributed by atoms with Gasteiger partial charge in [0.25, 0.3) is 0 Å². The number of ether oxygens (including phenoxy) is 1. The van der Waals surface area contributed by atoms with Gasteiger partial charge in [-0.3, -0.25) is 0 Å². The quantitative estimate of drug-likeness (QED) is 0.425. The molecule has 1 atom stereocenters. The van der Waals surface area contributed by atoms with Gasteiger partial charge in [-0.1, -0.05) is 24.8 Å². The minimum atomic E-state index is -5.10. The first-order valence-corrected chi connectivity index (χ1v) is 12.7. The zero-order valence-corrected chi connectivity index (χ0v) is 18.1. The van der Waals surface area contributed by atoms with Crippen molar-refractivity contribution in [1.29, 1.82) is 0 Å². The largest absolute Gasteiger partial charge is 0.810 e. The van der Waals surface area contributed by atoms with Crippen LogP contribution in [0.4, 0.5) is 0 Å². The molecule has 0 aliphatic heterocycles. The summed E-state index contributed by atoms with van der Waals surface area (Å²) in [5, 5.41) is 0. The lowest BCUT2D eigenvalue weighted by Crippen LogP contribution is -2.21. The molecular formula is C17H25O6P2S-3. The van der Waals surface area contributed by atoms with Crippen molar-refractivity contribution in [3.8, 4) is 0 Å². The SMILES string of the molecule is CC(C)=CCC/C(C)=C/c1cc(C)c(COCP(=O)([O-])CP(=O)([O-])[O-])s1. The van der Waals surface area contributed by atoms with Gasteiger partial charge in [0.15, 0.2) is 0 Å². The summed E-state index contributed by atoms with van der Waals surface area (Å²) in [6.45, 7) is 8.19. The van der Waals surface area contributed by atoms with Crippen molar-refractivity contribution < 1.29 is 28.5 Å². The van der Waals surface area contributed by atoms with Crippen LogP contribution < -0.4 is 14.7 Å². The Bertz CT molecular complexity index is 755. The predicted molar refractivity (Wildman–Crippen MR) is 101 cm³/mol. The predicted octanol–water partition coefficient (Wildman–Crippen LogP) is 3.19. The molecule has 0 bridgehead atoms. The van der Waals surface area contributed by atoms with E-state index >= 15 is 0 Å². The molecule has 1 unspecified atom stereocenters. The van der Waals surface area contributed by atoms with Crippen molar-refractivity contribution in [1.82, 2.24) is 0 Å². The van der Waals surface area contributed by atoms with E-state index in [9.17, 15) is 23.8 Å². The van der Waals surface area contributed by atoms with Crippen LogP contribution in [0, 0.1) is 6.92 Å². The van der Waals surface area contributed by atoms with Crippen LogP contribution in [-0.4, -0.2) is 12.3 Å². The van der Waals surface area contributed by atoms with E-state index in [0.29, 0.717) is 0 Å². The van der Waals surface area contributed by atoms with E-state index < -0.39 is 27.2 Å². The molecule has 0 spiro atoms. The minimum absolute atomic E-state index is 0.0649. The first kappa shape index (κ1) is 23.5. The van der Waals surface area contributed by atoms with Gasteiger partial charge in [-0.2, -0.15) is 0 Å². The molecule has 148 valence electrons. The van der Waals surface area contributed by atoms with Gasteiger partial charge in [0.1, 0.15) is 0 Å². The molecule has 0 aliphatic carbocycles. The van der Waals surface area contributed by atoms with Gasteiger partial charge in [-0.05, 0) is 58.2 Å². The normalized spacial score (nSPS) is 15.0. The van der Waals surface area contributed by atoms with Crippen molar-refractivity contribution in [3.63, 3.8) is 0 Å². The van der Waals surface area contributed by atoms with Gasteiger partial charge in [-0.25, -0.2) is 0 Å². The van der Waals surface area contributed by atoms with E-state index in [4.69, 9.17) is 4.74 Å². The fourth-order valence-corrected chi connectivity index (χ4v) is 6.20. The molecular weight excluding hydrogens is 394 g/mol. The summed E-state index contributed by atoms with van der Waals surface area (Å²) in [5.41, 5.74) is 3.53. The topological polar surface area (TPSA) is 113 Å². The van der Waals surface area contributed by atoms with Crippen LogP contribution >= 0.6 is 26.3 Å². The Labute approximate surface area is 159 Å². The van der Waals surface area contributed by atoms with Crippen LogP contribution in [-0.2, 0) is 20.5 Å². The molecule has 26 heavy (non-hydrogen) atoms. The van der Waals surface area contributed by atoms with Crippen LogP contribution in [0.5, 0.6) is 0 Å². The minimum Gasteiger partial charge on any atom is -0.810 e. The van der Waals surface area contributed by atoms with Crippen molar-refractivity contribution in [2.45, 2.75) is 47.1 Å². The molecule has 0 aliphatic rings. The molecule has 0 saturated carbocycles. The van der Waals surface area contributed by atoms with Gasteiger partial charge in [0.2, 0.25) is 0 Å². The molecule has 0 radical (unpaired) electrons. The molecule has 1 heterocycles. The van der Waals surface area contributed by atoms with Gasteiger partial charge in [0, 0.05) is 23.0 Å². The number of thiophene rings is 1. The fraction of sp³-hybridized carbons (Fsp3) is 0.529. The van der Waals surface area contributed by atoms with Crippen molar-refractivity contribution in [3.05, 3.63) is 38.6 Å². The van der Waals surface area contributed by atoms with Crippen molar-refractivity contribution in [2.24, 2.45) is 0 Å². The molecule has 0 amide bonds. The number of allylic oxidation sites excluding steroid dienone is 3. The summed E-state index contributed by atoms with van der Waals surface area (Å²) in [5.74, 6) is -1.39. The van der Waals surface area contributed by atoms with E-state index in [1.165, 1.54) is 22.5 Å². The number of hydrogen-bond donors (Lipinski definition) is 0. The summed E-state index contributed by atoms with van der Waals surface area (Å²) in [4.78, 5) is 34.7. The van der Waals surface area contributed by atoms with Crippen LogP contribution in [0.25, 0.3) is 6.08 Å². The highest BCUT2D eigenvalue weighted by atomic mass is 32.1. The van der Waals surface area contributed by atoms with E-state index in [1.54, 1.807) is 0 Å². The molecule has 1 rings (SSSR count). The second kappa shape index (κ2) is 10.1. The third kappa shape index (κ3) is 9.98. The highest BCUT2D eigenvalue weighted by molar-refractivity contribution is 7.70.